The van der Waals surface area contributed by atoms with Crippen LogP contribution >= 0.6 is 0 Å². The number of aromatic nitrogens is 3. The SMILES string of the molecule is CC1(O)CC2(CN(c3cncc(-c4ccc5cnc(CN)cc5c4F)n3)C2)C1. The van der Waals surface area contributed by atoms with Crippen LogP contribution in [0.5, 0.6) is 0 Å². The van der Waals surface area contributed by atoms with Gasteiger partial charge in [-0.15, -0.1) is 0 Å². The van der Waals surface area contributed by atoms with Gasteiger partial charge in [0.05, 0.1) is 29.4 Å². The predicted octanol–water partition coefficient (Wildman–Crippen LogP) is 2.64. The van der Waals surface area contributed by atoms with Gasteiger partial charge >= 0.3 is 0 Å². The Morgan fingerprint density at radius 3 is 2.71 bits per heavy atom. The molecule has 144 valence electrons. The molecule has 0 radical (unpaired) electrons. The molecule has 2 aliphatic rings. The van der Waals surface area contributed by atoms with Gasteiger partial charge in [-0.05, 0) is 31.9 Å². The van der Waals surface area contributed by atoms with E-state index < -0.39 is 5.60 Å². The maximum Gasteiger partial charge on any atom is 0.147 e. The molecular weight excluding hydrogens is 357 g/mol. The number of pyridine rings is 1. The van der Waals surface area contributed by atoms with E-state index in [0.29, 0.717) is 22.3 Å². The van der Waals surface area contributed by atoms with E-state index in [1.54, 1.807) is 30.7 Å². The van der Waals surface area contributed by atoms with Crippen molar-refractivity contribution in [2.24, 2.45) is 11.1 Å². The number of nitrogens with two attached hydrogens (primary N) is 1. The molecule has 1 saturated carbocycles. The third-order valence-corrected chi connectivity index (χ3v) is 5.89. The van der Waals surface area contributed by atoms with E-state index in [1.807, 2.05) is 13.0 Å². The van der Waals surface area contributed by atoms with Gasteiger partial charge in [0.2, 0.25) is 0 Å². The molecule has 1 aliphatic heterocycles. The zero-order valence-corrected chi connectivity index (χ0v) is 15.7. The minimum absolute atomic E-state index is 0.195. The van der Waals surface area contributed by atoms with E-state index >= 15 is 4.39 Å². The molecule has 28 heavy (non-hydrogen) atoms. The summed E-state index contributed by atoms with van der Waals surface area (Å²) in [6.45, 7) is 3.86. The fourth-order valence-electron chi connectivity index (χ4n) is 4.88. The molecule has 0 amide bonds. The molecule has 2 fully saturated rings. The average Bonchev–Trinajstić information content (AvgIpc) is 2.64. The first-order chi connectivity index (χ1) is 13.4. The highest BCUT2D eigenvalue weighted by atomic mass is 19.1. The lowest BCUT2D eigenvalue weighted by atomic mass is 9.56. The molecule has 3 aromatic rings. The standard InChI is InChI=1S/C21H22FN5O/c1-20(28)9-21(10-20)11-27(12-21)18-8-24-7-17(26-18)15-3-2-13-6-25-14(5-23)4-16(13)19(15)22/h2-4,6-8,28H,5,9-12,23H2,1H3. The van der Waals surface area contributed by atoms with E-state index in [4.69, 9.17) is 5.73 Å². The Kier molecular flexibility index (Phi) is 3.70. The van der Waals surface area contributed by atoms with Crippen molar-refractivity contribution in [1.82, 2.24) is 15.0 Å². The van der Waals surface area contributed by atoms with Crippen molar-refractivity contribution in [2.45, 2.75) is 31.9 Å². The smallest absolute Gasteiger partial charge is 0.147 e. The Hall–Kier alpha value is -2.64. The summed E-state index contributed by atoms with van der Waals surface area (Å²) in [6, 6.07) is 5.24. The van der Waals surface area contributed by atoms with Crippen LogP contribution in [0.3, 0.4) is 0 Å². The summed E-state index contributed by atoms with van der Waals surface area (Å²) >= 11 is 0. The lowest BCUT2D eigenvalue weighted by Crippen LogP contribution is -2.67. The Morgan fingerprint density at radius 2 is 2.00 bits per heavy atom. The van der Waals surface area contributed by atoms with E-state index in [-0.39, 0.29) is 17.8 Å². The molecule has 6 nitrogen and oxygen atoms in total. The summed E-state index contributed by atoms with van der Waals surface area (Å²) in [4.78, 5) is 15.3. The topological polar surface area (TPSA) is 88.2 Å². The first kappa shape index (κ1) is 17.5. The van der Waals surface area contributed by atoms with E-state index in [1.165, 1.54) is 0 Å². The van der Waals surface area contributed by atoms with Crippen molar-refractivity contribution in [3.05, 3.63) is 48.3 Å². The van der Waals surface area contributed by atoms with Crippen LogP contribution in [0.2, 0.25) is 0 Å². The molecule has 1 aromatic carbocycles. The Bertz CT molecular complexity index is 1070. The van der Waals surface area contributed by atoms with E-state index in [0.717, 1.165) is 37.1 Å². The lowest BCUT2D eigenvalue weighted by Gasteiger charge is -2.61. The summed E-state index contributed by atoms with van der Waals surface area (Å²) in [5.41, 5.74) is 6.86. The largest absolute Gasteiger partial charge is 0.390 e. The first-order valence-electron chi connectivity index (χ1n) is 9.45. The van der Waals surface area contributed by atoms with Gasteiger partial charge in [0.1, 0.15) is 11.6 Å². The van der Waals surface area contributed by atoms with Crippen molar-refractivity contribution >= 4 is 16.6 Å². The van der Waals surface area contributed by atoms with Crippen molar-refractivity contribution in [3.8, 4) is 11.3 Å². The second-order valence-electron chi connectivity index (χ2n) is 8.50. The molecule has 7 heteroatoms. The Balaban J connectivity index is 1.45. The molecule has 5 rings (SSSR count). The van der Waals surface area contributed by atoms with Crippen LogP contribution in [0.25, 0.3) is 22.0 Å². The monoisotopic (exact) mass is 379 g/mol. The highest BCUT2D eigenvalue weighted by Crippen LogP contribution is 2.54. The first-order valence-corrected chi connectivity index (χ1v) is 9.45. The van der Waals surface area contributed by atoms with Crippen molar-refractivity contribution in [3.63, 3.8) is 0 Å². The molecule has 3 N–H and O–H groups in total. The highest BCUT2D eigenvalue weighted by molar-refractivity contribution is 5.87. The quantitative estimate of drug-likeness (QED) is 0.727. The summed E-state index contributed by atoms with van der Waals surface area (Å²) < 4.78 is 15.2. The van der Waals surface area contributed by atoms with Crippen LogP contribution in [0.4, 0.5) is 10.2 Å². The van der Waals surface area contributed by atoms with Gasteiger partial charge in [-0.3, -0.25) is 9.97 Å². The zero-order valence-electron chi connectivity index (χ0n) is 15.7. The number of nitrogens with zero attached hydrogens (tertiary/aromatic N) is 4. The van der Waals surface area contributed by atoms with Crippen LogP contribution in [0.1, 0.15) is 25.5 Å². The van der Waals surface area contributed by atoms with Gasteiger partial charge < -0.3 is 15.7 Å². The fraction of sp³-hybridized carbons (Fsp3) is 0.381. The summed E-state index contributed by atoms with van der Waals surface area (Å²) in [6.07, 6.45) is 6.57. The van der Waals surface area contributed by atoms with E-state index in [9.17, 15) is 5.11 Å². The number of hydrogen-bond acceptors (Lipinski definition) is 6. The maximum absolute atomic E-state index is 15.2. The maximum atomic E-state index is 15.2. The molecule has 1 aliphatic carbocycles. The molecule has 0 atom stereocenters. The molecular formula is C21H22FN5O. The van der Waals surface area contributed by atoms with Gasteiger partial charge in [-0.2, -0.15) is 0 Å². The van der Waals surface area contributed by atoms with Gasteiger partial charge in [-0.25, -0.2) is 9.37 Å². The van der Waals surface area contributed by atoms with Crippen LogP contribution in [0, 0.1) is 11.2 Å². The number of halogens is 1. The van der Waals surface area contributed by atoms with Crippen molar-refractivity contribution in [2.75, 3.05) is 18.0 Å². The molecule has 1 saturated heterocycles. The Morgan fingerprint density at radius 1 is 1.21 bits per heavy atom. The van der Waals surface area contributed by atoms with Crippen LogP contribution in [0.15, 0.2) is 36.8 Å². The number of fused-ring (bicyclic) bond motifs is 1. The average molecular weight is 379 g/mol. The Labute approximate surface area is 162 Å². The molecule has 0 unspecified atom stereocenters. The normalized spacial score (nSPS) is 19.5. The molecule has 2 aromatic heterocycles. The number of rotatable bonds is 3. The van der Waals surface area contributed by atoms with E-state index in [2.05, 4.69) is 19.9 Å². The van der Waals surface area contributed by atoms with Crippen LogP contribution in [-0.2, 0) is 6.54 Å². The van der Waals surface area contributed by atoms with Gasteiger partial charge in [-0.1, -0.05) is 6.07 Å². The summed E-state index contributed by atoms with van der Waals surface area (Å²) in [5.74, 6) is 0.405. The third kappa shape index (κ3) is 2.73. The molecule has 1 spiro atoms. The molecule has 3 heterocycles. The fourth-order valence-corrected chi connectivity index (χ4v) is 4.88. The zero-order chi connectivity index (χ0) is 19.5. The van der Waals surface area contributed by atoms with Crippen LogP contribution < -0.4 is 10.6 Å². The van der Waals surface area contributed by atoms with Gasteiger partial charge in [0.15, 0.2) is 0 Å². The van der Waals surface area contributed by atoms with Gasteiger partial charge in [0, 0.05) is 47.6 Å². The lowest BCUT2D eigenvalue weighted by molar-refractivity contribution is -0.126. The number of benzene rings is 1. The highest BCUT2D eigenvalue weighted by Gasteiger charge is 2.57. The third-order valence-electron chi connectivity index (χ3n) is 5.89. The summed E-state index contributed by atoms with van der Waals surface area (Å²) in [5, 5.41) is 11.2. The minimum atomic E-state index is -0.537. The minimum Gasteiger partial charge on any atom is -0.390 e. The predicted molar refractivity (Wildman–Crippen MR) is 105 cm³/mol. The van der Waals surface area contributed by atoms with Crippen molar-refractivity contribution < 1.29 is 9.50 Å². The van der Waals surface area contributed by atoms with Crippen molar-refractivity contribution in [1.29, 1.82) is 0 Å². The second-order valence-corrected chi connectivity index (χ2v) is 8.50. The number of aliphatic hydroxyl groups is 1. The number of anilines is 1. The summed E-state index contributed by atoms with van der Waals surface area (Å²) in [7, 11) is 0. The second kappa shape index (κ2) is 5.93. The molecule has 0 bridgehead atoms. The van der Waals surface area contributed by atoms with Crippen LogP contribution in [-0.4, -0.2) is 38.7 Å². The van der Waals surface area contributed by atoms with Gasteiger partial charge in [0.25, 0.3) is 0 Å². The number of hydrogen-bond donors (Lipinski definition) is 2.